The van der Waals surface area contributed by atoms with E-state index in [1.165, 1.54) is 0 Å². The summed E-state index contributed by atoms with van der Waals surface area (Å²) in [5.41, 5.74) is 0. The minimum absolute atomic E-state index is 0.0776. The van der Waals surface area contributed by atoms with Crippen molar-refractivity contribution in [3.63, 3.8) is 0 Å². The average molecular weight is 224 g/mol. The fourth-order valence-electron chi connectivity index (χ4n) is 1.15. The minimum Gasteiger partial charge on any atom is -0.493 e. The van der Waals surface area contributed by atoms with Crippen LogP contribution in [0.2, 0.25) is 0 Å². The number of nitrogens with zero attached hydrogens (tertiary/aromatic N) is 1. The first-order chi connectivity index (χ1) is 5.79. The Morgan fingerprint density at radius 1 is 1.17 bits per heavy atom. The molecular weight excluding hydrogens is 218 g/mol. The van der Waals surface area contributed by atoms with Crippen molar-refractivity contribution < 1.29 is 5.11 Å². The fraction of sp³-hybridized carbons (Fsp3) is 0. The van der Waals surface area contributed by atoms with Crippen LogP contribution >= 0.6 is 15.9 Å². The maximum atomic E-state index is 9.36. The zero-order valence-electron chi connectivity index (χ0n) is 6.16. The van der Waals surface area contributed by atoms with Crippen molar-refractivity contribution in [2.45, 2.75) is 0 Å². The Kier molecular flexibility index (Phi) is 1.73. The molecule has 60 valence electrons. The van der Waals surface area contributed by atoms with E-state index >= 15 is 0 Å². The van der Waals surface area contributed by atoms with Gasteiger partial charge in [-0.25, -0.2) is 4.98 Å². The highest BCUT2D eigenvalue weighted by Crippen LogP contribution is 2.27. The molecule has 0 aliphatic rings. The summed E-state index contributed by atoms with van der Waals surface area (Å²) in [5, 5.41) is 11.1. The van der Waals surface area contributed by atoms with E-state index < -0.39 is 0 Å². The maximum absolute atomic E-state index is 9.36. The average Bonchev–Trinajstić information content (AvgIpc) is 2.07. The summed E-state index contributed by atoms with van der Waals surface area (Å²) in [4.78, 5) is 3.78. The van der Waals surface area contributed by atoms with Gasteiger partial charge in [0.25, 0.3) is 0 Å². The molecule has 0 atom stereocenters. The summed E-state index contributed by atoms with van der Waals surface area (Å²) in [6.07, 6.45) is 1.59. The molecule has 0 radical (unpaired) electrons. The zero-order valence-corrected chi connectivity index (χ0v) is 7.75. The minimum atomic E-state index is 0.0776. The van der Waals surface area contributed by atoms with Crippen LogP contribution in [0.1, 0.15) is 0 Å². The van der Waals surface area contributed by atoms with E-state index in [1.54, 1.807) is 6.20 Å². The Bertz CT molecular complexity index is 387. The van der Waals surface area contributed by atoms with Gasteiger partial charge >= 0.3 is 0 Å². The highest BCUT2D eigenvalue weighted by Gasteiger charge is 2.01. The molecule has 0 spiro atoms. The summed E-state index contributed by atoms with van der Waals surface area (Å²) in [6, 6.07) is 7.50. The van der Waals surface area contributed by atoms with Crippen LogP contribution in [-0.2, 0) is 0 Å². The molecule has 1 heterocycles. The molecule has 0 fully saturated rings. The quantitative estimate of drug-likeness (QED) is 0.746. The largest absolute Gasteiger partial charge is 0.493 e. The predicted octanol–water partition coefficient (Wildman–Crippen LogP) is 2.70. The zero-order chi connectivity index (χ0) is 8.55. The molecule has 1 aromatic heterocycles. The van der Waals surface area contributed by atoms with Crippen LogP contribution in [0.15, 0.2) is 34.9 Å². The van der Waals surface area contributed by atoms with Gasteiger partial charge in [-0.2, -0.15) is 0 Å². The van der Waals surface area contributed by atoms with Crippen molar-refractivity contribution in [1.82, 2.24) is 4.98 Å². The van der Waals surface area contributed by atoms with Crippen LogP contribution < -0.4 is 0 Å². The molecule has 1 aromatic carbocycles. The van der Waals surface area contributed by atoms with E-state index in [1.807, 2.05) is 24.3 Å². The molecule has 2 aromatic rings. The van der Waals surface area contributed by atoms with Gasteiger partial charge in [0.15, 0.2) is 0 Å². The Morgan fingerprint density at radius 2 is 2.00 bits per heavy atom. The monoisotopic (exact) mass is 223 g/mol. The molecule has 0 amide bonds. The second-order valence-corrected chi connectivity index (χ2v) is 3.32. The number of hydrogen-bond donors (Lipinski definition) is 1. The fourth-order valence-corrected chi connectivity index (χ4v) is 1.65. The first kappa shape index (κ1) is 7.55. The molecule has 0 saturated heterocycles. The van der Waals surface area contributed by atoms with Crippen LogP contribution in [0.5, 0.6) is 5.88 Å². The van der Waals surface area contributed by atoms with E-state index in [0.717, 1.165) is 15.2 Å². The van der Waals surface area contributed by atoms with E-state index in [9.17, 15) is 5.11 Å². The van der Waals surface area contributed by atoms with Crippen molar-refractivity contribution in [3.8, 4) is 5.88 Å². The second kappa shape index (κ2) is 2.75. The molecule has 3 heteroatoms. The third kappa shape index (κ3) is 1.06. The Labute approximate surface area is 78.0 Å². The predicted molar refractivity (Wildman–Crippen MR) is 51.1 cm³/mol. The number of rotatable bonds is 0. The number of aromatic hydroxyl groups is 1. The lowest BCUT2D eigenvalue weighted by molar-refractivity contribution is 0.460. The van der Waals surface area contributed by atoms with E-state index in [-0.39, 0.29) is 5.88 Å². The molecule has 0 bridgehead atoms. The van der Waals surface area contributed by atoms with Gasteiger partial charge in [0.2, 0.25) is 5.88 Å². The van der Waals surface area contributed by atoms with Crippen LogP contribution in [0, 0.1) is 0 Å². The molecule has 12 heavy (non-hydrogen) atoms. The van der Waals surface area contributed by atoms with Gasteiger partial charge in [-0.1, -0.05) is 22.0 Å². The Hall–Kier alpha value is -1.09. The van der Waals surface area contributed by atoms with Crippen LogP contribution in [0.3, 0.4) is 0 Å². The molecule has 0 aliphatic carbocycles. The number of fused-ring (bicyclic) bond motifs is 1. The van der Waals surface area contributed by atoms with Gasteiger partial charge in [-0.15, -0.1) is 0 Å². The van der Waals surface area contributed by atoms with Gasteiger partial charge in [0.05, 0.1) is 0 Å². The molecule has 0 saturated carbocycles. The van der Waals surface area contributed by atoms with Crippen molar-refractivity contribution in [2.75, 3.05) is 0 Å². The summed E-state index contributed by atoms with van der Waals surface area (Å²) >= 11 is 3.39. The number of aromatic nitrogens is 1. The second-order valence-electron chi connectivity index (χ2n) is 2.47. The van der Waals surface area contributed by atoms with Crippen molar-refractivity contribution >= 4 is 26.7 Å². The van der Waals surface area contributed by atoms with Gasteiger partial charge in [-0.05, 0) is 18.2 Å². The summed E-state index contributed by atoms with van der Waals surface area (Å²) in [7, 11) is 0. The van der Waals surface area contributed by atoms with Crippen molar-refractivity contribution in [1.29, 1.82) is 0 Å². The first-order valence-electron chi connectivity index (χ1n) is 3.51. The number of halogens is 1. The Morgan fingerprint density at radius 3 is 2.75 bits per heavy atom. The summed E-state index contributed by atoms with van der Waals surface area (Å²) < 4.78 is 0.970. The molecule has 0 unspecified atom stereocenters. The highest BCUT2D eigenvalue weighted by atomic mass is 79.9. The molecule has 1 N–H and O–H groups in total. The number of benzene rings is 1. The molecule has 2 rings (SSSR count). The number of hydrogen-bond acceptors (Lipinski definition) is 2. The van der Waals surface area contributed by atoms with Gasteiger partial charge in [0.1, 0.15) is 0 Å². The van der Waals surface area contributed by atoms with Gasteiger partial charge < -0.3 is 5.11 Å². The van der Waals surface area contributed by atoms with Crippen molar-refractivity contribution in [3.05, 3.63) is 34.9 Å². The molecule has 2 nitrogen and oxygen atoms in total. The van der Waals surface area contributed by atoms with Crippen LogP contribution in [-0.4, -0.2) is 10.1 Å². The van der Waals surface area contributed by atoms with Crippen LogP contribution in [0.25, 0.3) is 10.8 Å². The summed E-state index contributed by atoms with van der Waals surface area (Å²) in [5.74, 6) is 0.0776. The topological polar surface area (TPSA) is 33.1 Å². The Balaban J connectivity index is 2.94. The lowest BCUT2D eigenvalue weighted by atomic mass is 10.2. The van der Waals surface area contributed by atoms with E-state index in [4.69, 9.17) is 0 Å². The van der Waals surface area contributed by atoms with Gasteiger partial charge in [-0.3, -0.25) is 0 Å². The van der Waals surface area contributed by atoms with Gasteiger partial charge in [0, 0.05) is 21.4 Å². The highest BCUT2D eigenvalue weighted by molar-refractivity contribution is 9.10. The lowest BCUT2D eigenvalue weighted by Gasteiger charge is -2.00. The molecule has 0 aliphatic heterocycles. The third-order valence-electron chi connectivity index (χ3n) is 1.73. The normalized spacial score (nSPS) is 10.4. The van der Waals surface area contributed by atoms with Crippen molar-refractivity contribution in [2.24, 2.45) is 0 Å². The lowest BCUT2D eigenvalue weighted by Crippen LogP contribution is -1.78. The third-order valence-corrected chi connectivity index (χ3v) is 2.42. The first-order valence-corrected chi connectivity index (χ1v) is 4.30. The maximum Gasteiger partial charge on any atom is 0.218 e. The molecular formula is C9H6BrNO. The van der Waals surface area contributed by atoms with E-state index in [2.05, 4.69) is 20.9 Å². The smallest absolute Gasteiger partial charge is 0.218 e. The van der Waals surface area contributed by atoms with Crippen LogP contribution in [0.4, 0.5) is 0 Å². The standard InChI is InChI=1S/C9H6BrNO/c10-8-3-1-2-7-6(8)4-5-11-9(7)12/h1-5H,(H,11,12). The summed E-state index contributed by atoms with van der Waals surface area (Å²) in [6.45, 7) is 0. The number of pyridine rings is 1. The van der Waals surface area contributed by atoms with E-state index in [0.29, 0.717) is 0 Å². The SMILES string of the molecule is Oc1nccc2c(Br)cccc12.